The molecule has 0 saturated carbocycles. The molecule has 1 atom stereocenters. The Bertz CT molecular complexity index is 674. The second kappa shape index (κ2) is 6.99. The number of methoxy groups -OCH3 is 3. The van der Waals surface area contributed by atoms with Gasteiger partial charge in [0.1, 0.15) is 0 Å². The molecule has 8 nitrogen and oxygen atoms in total. The van der Waals surface area contributed by atoms with Crippen molar-refractivity contribution in [2.45, 2.75) is 19.9 Å². The number of carbonyl (C=O) groups is 1. The molecule has 0 radical (unpaired) electrons. The van der Waals surface area contributed by atoms with E-state index in [4.69, 9.17) is 14.2 Å². The molecular weight excluding hydrogens is 300 g/mol. The fourth-order valence-corrected chi connectivity index (χ4v) is 2.20. The van der Waals surface area contributed by atoms with Crippen molar-refractivity contribution >= 4 is 5.91 Å². The summed E-state index contributed by atoms with van der Waals surface area (Å²) in [5.41, 5.74) is 1.62. The van der Waals surface area contributed by atoms with Crippen LogP contribution >= 0.6 is 0 Å². The monoisotopic (exact) mass is 320 g/mol. The molecule has 2 rings (SSSR count). The van der Waals surface area contributed by atoms with E-state index in [0.717, 1.165) is 5.56 Å². The first-order valence-electron chi connectivity index (χ1n) is 7.00. The Morgan fingerprint density at radius 3 is 2.17 bits per heavy atom. The maximum atomic E-state index is 12.2. The minimum Gasteiger partial charge on any atom is -0.493 e. The summed E-state index contributed by atoms with van der Waals surface area (Å²) < 4.78 is 15.9. The molecule has 1 amide bonds. The highest BCUT2D eigenvalue weighted by atomic mass is 16.5. The summed E-state index contributed by atoms with van der Waals surface area (Å²) >= 11 is 0. The van der Waals surface area contributed by atoms with E-state index in [-0.39, 0.29) is 17.6 Å². The molecule has 1 aromatic heterocycles. The Kier molecular flexibility index (Phi) is 5.05. The van der Waals surface area contributed by atoms with Gasteiger partial charge in [-0.1, -0.05) is 0 Å². The molecule has 0 spiro atoms. The van der Waals surface area contributed by atoms with Crippen molar-refractivity contribution in [1.82, 2.24) is 20.7 Å². The molecule has 0 aliphatic rings. The van der Waals surface area contributed by atoms with Gasteiger partial charge in [0.25, 0.3) is 5.91 Å². The summed E-state index contributed by atoms with van der Waals surface area (Å²) in [5.74, 6) is 1.25. The van der Waals surface area contributed by atoms with Gasteiger partial charge in [0, 0.05) is 0 Å². The SMILES string of the molecule is COc1cc([C@H](C)NC(=O)c2n[nH]nc2C)cc(OC)c1OC. The first kappa shape index (κ1) is 16.6. The lowest BCUT2D eigenvalue weighted by Gasteiger charge is -2.18. The van der Waals surface area contributed by atoms with Crippen LogP contribution in [0.3, 0.4) is 0 Å². The second-order valence-electron chi connectivity index (χ2n) is 4.91. The Morgan fingerprint density at radius 2 is 1.74 bits per heavy atom. The van der Waals surface area contributed by atoms with Gasteiger partial charge in [0.05, 0.1) is 33.1 Å². The quantitative estimate of drug-likeness (QED) is 0.839. The number of nitrogens with zero attached hydrogens (tertiary/aromatic N) is 2. The van der Waals surface area contributed by atoms with E-state index in [1.165, 1.54) is 0 Å². The largest absolute Gasteiger partial charge is 0.493 e. The third-order valence-electron chi connectivity index (χ3n) is 3.47. The van der Waals surface area contributed by atoms with Gasteiger partial charge >= 0.3 is 0 Å². The minimum absolute atomic E-state index is 0.268. The van der Waals surface area contributed by atoms with Gasteiger partial charge in [-0.3, -0.25) is 4.79 Å². The van der Waals surface area contributed by atoms with Crippen molar-refractivity contribution in [2.24, 2.45) is 0 Å². The molecule has 0 fully saturated rings. The van der Waals surface area contributed by atoms with E-state index in [1.54, 1.807) is 40.4 Å². The van der Waals surface area contributed by atoms with Crippen LogP contribution in [0.5, 0.6) is 17.2 Å². The van der Waals surface area contributed by atoms with E-state index in [2.05, 4.69) is 20.7 Å². The predicted molar refractivity (Wildman–Crippen MR) is 83.1 cm³/mol. The zero-order chi connectivity index (χ0) is 17.0. The first-order chi connectivity index (χ1) is 11.0. The number of hydrogen-bond acceptors (Lipinski definition) is 6. The number of benzene rings is 1. The number of rotatable bonds is 6. The second-order valence-corrected chi connectivity index (χ2v) is 4.91. The molecule has 23 heavy (non-hydrogen) atoms. The maximum Gasteiger partial charge on any atom is 0.274 e. The summed E-state index contributed by atoms with van der Waals surface area (Å²) in [4.78, 5) is 12.2. The van der Waals surface area contributed by atoms with Crippen molar-refractivity contribution in [1.29, 1.82) is 0 Å². The number of H-pyrrole nitrogens is 1. The van der Waals surface area contributed by atoms with Crippen LogP contribution in [0.15, 0.2) is 12.1 Å². The van der Waals surface area contributed by atoms with Gasteiger partial charge in [0.2, 0.25) is 5.75 Å². The van der Waals surface area contributed by atoms with Crippen LogP contribution in [0.2, 0.25) is 0 Å². The topological polar surface area (TPSA) is 98.4 Å². The van der Waals surface area contributed by atoms with E-state index in [0.29, 0.717) is 22.9 Å². The molecule has 0 saturated heterocycles. The van der Waals surface area contributed by atoms with Crippen LogP contribution in [-0.2, 0) is 0 Å². The van der Waals surface area contributed by atoms with Crippen molar-refractivity contribution in [3.8, 4) is 17.2 Å². The predicted octanol–water partition coefficient (Wildman–Crippen LogP) is 1.63. The van der Waals surface area contributed by atoms with Gasteiger partial charge in [-0.25, -0.2) is 0 Å². The van der Waals surface area contributed by atoms with Crippen molar-refractivity contribution < 1.29 is 19.0 Å². The summed E-state index contributed by atoms with van der Waals surface area (Å²) in [7, 11) is 4.63. The molecule has 8 heteroatoms. The molecule has 0 bridgehead atoms. The van der Waals surface area contributed by atoms with Gasteiger partial charge in [-0.15, -0.1) is 0 Å². The Labute approximate surface area is 134 Å². The summed E-state index contributed by atoms with van der Waals surface area (Å²) in [6, 6.07) is 3.30. The van der Waals surface area contributed by atoms with Crippen LogP contribution in [0, 0.1) is 6.92 Å². The number of aromatic nitrogens is 3. The molecule has 2 aromatic rings. The Balaban J connectivity index is 2.27. The molecule has 0 aliphatic carbocycles. The first-order valence-corrected chi connectivity index (χ1v) is 7.00. The molecular formula is C15H20N4O4. The van der Waals surface area contributed by atoms with Gasteiger partial charge in [0.15, 0.2) is 17.2 Å². The zero-order valence-electron chi connectivity index (χ0n) is 13.8. The number of aryl methyl sites for hydroxylation is 1. The normalized spacial score (nSPS) is 11.7. The van der Waals surface area contributed by atoms with Crippen LogP contribution in [0.4, 0.5) is 0 Å². The number of carbonyl (C=O) groups excluding carboxylic acids is 1. The molecule has 1 heterocycles. The highest BCUT2D eigenvalue weighted by Crippen LogP contribution is 2.39. The van der Waals surface area contributed by atoms with Crippen molar-refractivity contribution in [2.75, 3.05) is 21.3 Å². The van der Waals surface area contributed by atoms with Crippen LogP contribution < -0.4 is 19.5 Å². The molecule has 2 N–H and O–H groups in total. The van der Waals surface area contributed by atoms with E-state index in [1.807, 2.05) is 6.92 Å². The minimum atomic E-state index is -0.308. The lowest BCUT2D eigenvalue weighted by atomic mass is 10.1. The number of aromatic amines is 1. The maximum absolute atomic E-state index is 12.2. The fourth-order valence-electron chi connectivity index (χ4n) is 2.20. The van der Waals surface area contributed by atoms with E-state index >= 15 is 0 Å². The number of nitrogens with one attached hydrogen (secondary N) is 2. The third-order valence-corrected chi connectivity index (χ3v) is 3.47. The summed E-state index contributed by atoms with van der Waals surface area (Å²) in [6.45, 7) is 3.57. The van der Waals surface area contributed by atoms with Crippen LogP contribution in [-0.4, -0.2) is 42.6 Å². The highest BCUT2D eigenvalue weighted by molar-refractivity contribution is 5.93. The fraction of sp³-hybridized carbons (Fsp3) is 0.400. The Morgan fingerprint density at radius 1 is 1.13 bits per heavy atom. The van der Waals surface area contributed by atoms with Gasteiger partial charge in [-0.05, 0) is 31.5 Å². The number of amides is 1. The zero-order valence-corrected chi connectivity index (χ0v) is 13.8. The Hall–Kier alpha value is -2.77. The van der Waals surface area contributed by atoms with Gasteiger partial charge < -0.3 is 19.5 Å². The molecule has 0 aliphatic heterocycles. The molecule has 0 unspecified atom stereocenters. The van der Waals surface area contributed by atoms with Crippen LogP contribution in [0.25, 0.3) is 0 Å². The number of hydrogen-bond donors (Lipinski definition) is 2. The lowest BCUT2D eigenvalue weighted by molar-refractivity contribution is 0.0934. The smallest absolute Gasteiger partial charge is 0.274 e. The lowest BCUT2D eigenvalue weighted by Crippen LogP contribution is -2.27. The van der Waals surface area contributed by atoms with Crippen molar-refractivity contribution in [3.05, 3.63) is 29.1 Å². The molecule has 1 aromatic carbocycles. The van der Waals surface area contributed by atoms with E-state index in [9.17, 15) is 4.79 Å². The standard InChI is InChI=1S/C15H20N4O4/c1-8(16-15(20)13-9(2)17-19-18-13)10-6-11(21-3)14(23-5)12(7-10)22-4/h6-8H,1-5H3,(H,16,20)(H,17,18,19)/t8-/m0/s1. The molecule has 124 valence electrons. The number of ether oxygens (including phenoxy) is 3. The third kappa shape index (κ3) is 3.36. The summed E-state index contributed by atoms with van der Waals surface area (Å²) in [5, 5.41) is 13.0. The summed E-state index contributed by atoms with van der Waals surface area (Å²) in [6.07, 6.45) is 0. The van der Waals surface area contributed by atoms with E-state index < -0.39 is 0 Å². The van der Waals surface area contributed by atoms with Crippen LogP contribution in [0.1, 0.15) is 34.7 Å². The highest BCUT2D eigenvalue weighted by Gasteiger charge is 2.20. The average molecular weight is 320 g/mol. The average Bonchev–Trinajstić information content (AvgIpc) is 2.99. The van der Waals surface area contributed by atoms with Crippen molar-refractivity contribution in [3.63, 3.8) is 0 Å². The van der Waals surface area contributed by atoms with Gasteiger partial charge in [-0.2, -0.15) is 15.4 Å².